The third-order valence-corrected chi connectivity index (χ3v) is 4.91. The minimum absolute atomic E-state index is 0.313. The molecular weight excluding hydrogens is 236 g/mol. The molecule has 1 saturated heterocycles. The highest BCUT2D eigenvalue weighted by atomic mass is 16.2. The molecule has 3 heteroatoms. The van der Waals surface area contributed by atoms with Gasteiger partial charge in [0.1, 0.15) is 0 Å². The van der Waals surface area contributed by atoms with Crippen LogP contribution in [0.4, 0.5) is 0 Å². The predicted molar refractivity (Wildman–Crippen MR) is 79.0 cm³/mol. The van der Waals surface area contributed by atoms with Gasteiger partial charge in [-0.2, -0.15) is 0 Å². The molecular formula is C16H30N2O. The molecule has 110 valence electrons. The van der Waals surface area contributed by atoms with Crippen LogP contribution in [0.15, 0.2) is 0 Å². The first-order chi connectivity index (χ1) is 9.16. The second kappa shape index (κ2) is 7.28. The summed E-state index contributed by atoms with van der Waals surface area (Å²) in [6.45, 7) is 7.15. The Morgan fingerprint density at radius 2 is 1.79 bits per heavy atom. The lowest BCUT2D eigenvalue weighted by Crippen LogP contribution is -2.45. The van der Waals surface area contributed by atoms with E-state index < -0.39 is 0 Å². The maximum absolute atomic E-state index is 12.2. The van der Waals surface area contributed by atoms with Gasteiger partial charge in [-0.3, -0.25) is 4.79 Å². The largest absolute Gasteiger partial charge is 0.342 e. The molecule has 1 saturated carbocycles. The molecule has 2 rings (SSSR count). The summed E-state index contributed by atoms with van der Waals surface area (Å²) >= 11 is 0. The number of amides is 1. The van der Waals surface area contributed by atoms with Crippen LogP contribution in [0.25, 0.3) is 0 Å². The highest BCUT2D eigenvalue weighted by molar-refractivity contribution is 5.78. The summed E-state index contributed by atoms with van der Waals surface area (Å²) in [5.41, 5.74) is 0. The van der Waals surface area contributed by atoms with Crippen molar-refractivity contribution in [1.82, 2.24) is 10.2 Å². The fourth-order valence-electron chi connectivity index (χ4n) is 3.62. The lowest BCUT2D eigenvalue weighted by molar-refractivity contribution is -0.130. The van der Waals surface area contributed by atoms with E-state index in [1.165, 1.54) is 44.9 Å². The monoisotopic (exact) mass is 266 g/mol. The van der Waals surface area contributed by atoms with Crippen LogP contribution in [0.2, 0.25) is 0 Å². The molecule has 2 aliphatic rings. The minimum atomic E-state index is 0.313. The van der Waals surface area contributed by atoms with Gasteiger partial charge in [0.05, 0.1) is 6.54 Å². The van der Waals surface area contributed by atoms with Crippen molar-refractivity contribution in [2.24, 2.45) is 11.8 Å². The third kappa shape index (κ3) is 4.48. The SMILES string of the molecule is CC1CCC(NCC(=O)N2CCCCCC2)C(C)C1. The van der Waals surface area contributed by atoms with Crippen LogP contribution >= 0.6 is 0 Å². The van der Waals surface area contributed by atoms with Crippen molar-refractivity contribution in [1.29, 1.82) is 0 Å². The molecule has 1 amide bonds. The van der Waals surface area contributed by atoms with Crippen LogP contribution in [-0.4, -0.2) is 36.5 Å². The Hall–Kier alpha value is -0.570. The summed E-state index contributed by atoms with van der Waals surface area (Å²) in [7, 11) is 0. The van der Waals surface area contributed by atoms with Crippen LogP contribution in [0.1, 0.15) is 58.8 Å². The number of carbonyl (C=O) groups is 1. The van der Waals surface area contributed by atoms with Gasteiger partial charge in [-0.25, -0.2) is 0 Å². The topological polar surface area (TPSA) is 32.3 Å². The van der Waals surface area contributed by atoms with Gasteiger partial charge in [-0.15, -0.1) is 0 Å². The second-order valence-corrected chi connectivity index (χ2v) is 6.68. The zero-order valence-corrected chi connectivity index (χ0v) is 12.7. The fraction of sp³-hybridized carbons (Fsp3) is 0.938. The Labute approximate surface area is 118 Å². The molecule has 0 aromatic rings. The van der Waals surface area contributed by atoms with E-state index in [2.05, 4.69) is 24.1 Å². The first kappa shape index (κ1) is 14.8. The minimum Gasteiger partial charge on any atom is -0.342 e. The second-order valence-electron chi connectivity index (χ2n) is 6.68. The molecule has 1 heterocycles. The summed E-state index contributed by atoms with van der Waals surface area (Å²) in [5, 5.41) is 3.52. The molecule has 19 heavy (non-hydrogen) atoms. The molecule has 3 atom stereocenters. The summed E-state index contributed by atoms with van der Waals surface area (Å²) in [6.07, 6.45) is 8.78. The number of nitrogens with zero attached hydrogens (tertiary/aromatic N) is 1. The third-order valence-electron chi connectivity index (χ3n) is 4.91. The quantitative estimate of drug-likeness (QED) is 0.852. The van der Waals surface area contributed by atoms with Gasteiger partial charge >= 0.3 is 0 Å². The van der Waals surface area contributed by atoms with E-state index in [0.717, 1.165) is 19.0 Å². The molecule has 3 unspecified atom stereocenters. The number of carbonyl (C=O) groups excluding carboxylic acids is 1. The molecule has 2 fully saturated rings. The van der Waals surface area contributed by atoms with Crippen LogP contribution in [0.5, 0.6) is 0 Å². The molecule has 0 spiro atoms. The molecule has 1 aliphatic carbocycles. The molecule has 1 N–H and O–H groups in total. The predicted octanol–water partition coefficient (Wildman–Crippen LogP) is 2.80. The number of hydrogen-bond acceptors (Lipinski definition) is 2. The summed E-state index contributed by atoms with van der Waals surface area (Å²) in [6, 6.07) is 0.548. The van der Waals surface area contributed by atoms with Crippen LogP contribution in [-0.2, 0) is 4.79 Å². The molecule has 0 radical (unpaired) electrons. The number of hydrogen-bond donors (Lipinski definition) is 1. The maximum atomic E-state index is 12.2. The summed E-state index contributed by atoms with van der Waals surface area (Å²) < 4.78 is 0. The molecule has 0 bridgehead atoms. The fourth-order valence-corrected chi connectivity index (χ4v) is 3.62. The standard InChI is InChI=1S/C16H30N2O/c1-13-7-8-15(14(2)11-13)17-12-16(19)18-9-5-3-4-6-10-18/h13-15,17H,3-12H2,1-2H3. The Bertz CT molecular complexity index is 284. The van der Waals surface area contributed by atoms with E-state index in [1.807, 2.05) is 0 Å². The molecule has 0 aromatic heterocycles. The molecule has 3 nitrogen and oxygen atoms in total. The zero-order valence-electron chi connectivity index (χ0n) is 12.7. The van der Waals surface area contributed by atoms with Crippen LogP contribution in [0, 0.1) is 11.8 Å². The Kier molecular flexibility index (Phi) is 5.68. The van der Waals surface area contributed by atoms with Crippen molar-refractivity contribution in [2.75, 3.05) is 19.6 Å². The van der Waals surface area contributed by atoms with Crippen molar-refractivity contribution in [3.8, 4) is 0 Å². The normalized spacial score (nSPS) is 32.9. The van der Waals surface area contributed by atoms with E-state index >= 15 is 0 Å². The first-order valence-corrected chi connectivity index (χ1v) is 8.18. The number of nitrogens with one attached hydrogen (secondary N) is 1. The molecule has 1 aliphatic heterocycles. The van der Waals surface area contributed by atoms with E-state index in [1.54, 1.807) is 0 Å². The van der Waals surface area contributed by atoms with Crippen molar-refractivity contribution in [3.63, 3.8) is 0 Å². The van der Waals surface area contributed by atoms with E-state index in [4.69, 9.17) is 0 Å². The van der Waals surface area contributed by atoms with Crippen LogP contribution < -0.4 is 5.32 Å². The van der Waals surface area contributed by atoms with Crippen molar-refractivity contribution < 1.29 is 4.79 Å². The van der Waals surface area contributed by atoms with Gasteiger partial charge in [-0.05, 0) is 43.9 Å². The smallest absolute Gasteiger partial charge is 0.236 e. The Morgan fingerprint density at radius 3 is 2.42 bits per heavy atom. The van der Waals surface area contributed by atoms with Gasteiger partial charge in [0, 0.05) is 19.1 Å². The van der Waals surface area contributed by atoms with Gasteiger partial charge in [0.15, 0.2) is 0 Å². The van der Waals surface area contributed by atoms with Gasteiger partial charge < -0.3 is 10.2 Å². The zero-order chi connectivity index (χ0) is 13.7. The van der Waals surface area contributed by atoms with E-state index in [-0.39, 0.29) is 0 Å². The van der Waals surface area contributed by atoms with E-state index in [9.17, 15) is 4.79 Å². The van der Waals surface area contributed by atoms with Crippen molar-refractivity contribution in [2.45, 2.75) is 64.8 Å². The van der Waals surface area contributed by atoms with Gasteiger partial charge in [-0.1, -0.05) is 26.7 Å². The lowest BCUT2D eigenvalue weighted by atomic mass is 9.80. The number of likely N-dealkylation sites (tertiary alicyclic amines) is 1. The lowest BCUT2D eigenvalue weighted by Gasteiger charge is -2.33. The number of rotatable bonds is 3. The highest BCUT2D eigenvalue weighted by Crippen LogP contribution is 2.28. The van der Waals surface area contributed by atoms with E-state index in [0.29, 0.717) is 24.4 Å². The van der Waals surface area contributed by atoms with Crippen LogP contribution in [0.3, 0.4) is 0 Å². The first-order valence-electron chi connectivity index (χ1n) is 8.18. The van der Waals surface area contributed by atoms with Gasteiger partial charge in [0.25, 0.3) is 0 Å². The average molecular weight is 266 g/mol. The summed E-state index contributed by atoms with van der Waals surface area (Å²) in [4.78, 5) is 14.3. The van der Waals surface area contributed by atoms with Crippen molar-refractivity contribution in [3.05, 3.63) is 0 Å². The average Bonchev–Trinajstić information content (AvgIpc) is 2.66. The molecule has 0 aromatic carbocycles. The van der Waals surface area contributed by atoms with Crippen molar-refractivity contribution >= 4 is 5.91 Å². The van der Waals surface area contributed by atoms with Gasteiger partial charge in [0.2, 0.25) is 5.91 Å². The highest BCUT2D eigenvalue weighted by Gasteiger charge is 2.26. The Balaban J connectivity index is 1.73. The maximum Gasteiger partial charge on any atom is 0.236 e. The summed E-state index contributed by atoms with van der Waals surface area (Å²) in [5.74, 6) is 1.88. The Morgan fingerprint density at radius 1 is 1.11 bits per heavy atom.